The monoisotopic (exact) mass is 195 g/mol. The summed E-state index contributed by atoms with van der Waals surface area (Å²) in [6.07, 6.45) is 1.75. The van der Waals surface area contributed by atoms with Crippen molar-refractivity contribution >= 4 is 23.3 Å². The van der Waals surface area contributed by atoms with Crippen molar-refractivity contribution in [2.75, 3.05) is 7.11 Å². The summed E-state index contributed by atoms with van der Waals surface area (Å²) in [6, 6.07) is 9.78. The number of rotatable bonds is 1. The quantitative estimate of drug-likeness (QED) is 0.698. The third-order valence-electron chi connectivity index (χ3n) is 1.83. The molecule has 0 fully saturated rings. The topological polar surface area (TPSA) is 22.1 Å². The van der Waals surface area contributed by atoms with Crippen LogP contribution in [-0.4, -0.2) is 12.1 Å². The fourth-order valence-electron chi connectivity index (χ4n) is 1.25. The predicted molar refractivity (Wildman–Crippen MR) is 55.5 cm³/mol. The average Bonchev–Trinajstić information content (AvgIpc) is 2.17. The number of halogens is 1. The van der Waals surface area contributed by atoms with Crippen LogP contribution in [0.1, 0.15) is 0 Å². The van der Waals surface area contributed by atoms with Gasteiger partial charge in [-0.15, -0.1) is 12.4 Å². The second kappa shape index (κ2) is 4.10. The van der Waals surface area contributed by atoms with Gasteiger partial charge in [0.2, 0.25) is 0 Å². The number of hydrogen-bond acceptors (Lipinski definition) is 2. The van der Waals surface area contributed by atoms with Gasteiger partial charge in [-0.05, 0) is 18.2 Å². The summed E-state index contributed by atoms with van der Waals surface area (Å²) >= 11 is 0. The Kier molecular flexibility index (Phi) is 3.09. The number of fused-ring (bicyclic) bond motifs is 1. The molecule has 0 bridgehead atoms. The zero-order valence-electron chi connectivity index (χ0n) is 7.23. The minimum absolute atomic E-state index is 0. The van der Waals surface area contributed by atoms with Gasteiger partial charge in [0.15, 0.2) is 0 Å². The van der Waals surface area contributed by atoms with E-state index in [0.29, 0.717) is 0 Å². The van der Waals surface area contributed by atoms with Crippen LogP contribution in [0.3, 0.4) is 0 Å². The SMILES string of the molecule is COc1ccnc2ccccc12.Cl. The lowest BCUT2D eigenvalue weighted by atomic mass is 10.2. The van der Waals surface area contributed by atoms with E-state index in [2.05, 4.69) is 4.98 Å². The van der Waals surface area contributed by atoms with Crippen molar-refractivity contribution in [1.29, 1.82) is 0 Å². The van der Waals surface area contributed by atoms with Crippen LogP contribution in [0.5, 0.6) is 5.75 Å². The molecular weight excluding hydrogens is 186 g/mol. The molecule has 1 aromatic carbocycles. The Hall–Kier alpha value is -1.28. The summed E-state index contributed by atoms with van der Waals surface area (Å²) in [4.78, 5) is 4.21. The molecule has 3 heteroatoms. The minimum Gasteiger partial charge on any atom is -0.496 e. The molecule has 2 nitrogen and oxygen atoms in total. The first-order valence-corrected chi connectivity index (χ1v) is 3.79. The molecule has 0 aliphatic heterocycles. The first-order chi connectivity index (χ1) is 5.92. The third-order valence-corrected chi connectivity index (χ3v) is 1.83. The molecule has 2 aromatic rings. The van der Waals surface area contributed by atoms with Gasteiger partial charge in [0.1, 0.15) is 5.75 Å². The number of nitrogens with zero attached hydrogens (tertiary/aromatic N) is 1. The molecule has 0 aliphatic rings. The molecule has 1 heterocycles. The Balaban J connectivity index is 0.000000845. The van der Waals surface area contributed by atoms with E-state index >= 15 is 0 Å². The Morgan fingerprint density at radius 1 is 1.15 bits per heavy atom. The van der Waals surface area contributed by atoms with Gasteiger partial charge in [-0.25, -0.2) is 0 Å². The zero-order chi connectivity index (χ0) is 8.39. The highest BCUT2D eigenvalue weighted by atomic mass is 35.5. The lowest BCUT2D eigenvalue weighted by molar-refractivity contribution is 0.419. The van der Waals surface area contributed by atoms with Crippen LogP contribution >= 0.6 is 12.4 Å². The van der Waals surface area contributed by atoms with Crippen molar-refractivity contribution in [2.24, 2.45) is 0 Å². The fraction of sp³-hybridized carbons (Fsp3) is 0.100. The van der Waals surface area contributed by atoms with Crippen LogP contribution in [0, 0.1) is 0 Å². The number of hydrogen-bond donors (Lipinski definition) is 0. The van der Waals surface area contributed by atoms with Crippen LogP contribution in [0.15, 0.2) is 36.5 Å². The van der Waals surface area contributed by atoms with Crippen molar-refractivity contribution in [3.63, 3.8) is 0 Å². The highest BCUT2D eigenvalue weighted by Gasteiger charge is 1.98. The molecule has 0 unspecified atom stereocenters. The molecule has 13 heavy (non-hydrogen) atoms. The first-order valence-electron chi connectivity index (χ1n) is 3.79. The number of methoxy groups -OCH3 is 1. The summed E-state index contributed by atoms with van der Waals surface area (Å²) in [6.45, 7) is 0. The molecule has 0 aliphatic carbocycles. The number of ether oxygens (including phenoxy) is 1. The van der Waals surface area contributed by atoms with E-state index in [4.69, 9.17) is 4.74 Å². The van der Waals surface area contributed by atoms with E-state index in [1.54, 1.807) is 13.3 Å². The van der Waals surface area contributed by atoms with E-state index < -0.39 is 0 Å². The zero-order valence-corrected chi connectivity index (χ0v) is 8.04. The molecular formula is C10H10ClNO. The molecule has 0 saturated carbocycles. The van der Waals surface area contributed by atoms with Crippen molar-refractivity contribution in [3.05, 3.63) is 36.5 Å². The lowest BCUT2D eigenvalue weighted by Gasteiger charge is -2.02. The Labute approximate surface area is 83.0 Å². The second-order valence-corrected chi connectivity index (χ2v) is 2.53. The minimum atomic E-state index is 0. The van der Waals surface area contributed by atoms with Gasteiger partial charge in [0, 0.05) is 11.6 Å². The highest BCUT2D eigenvalue weighted by Crippen LogP contribution is 2.22. The van der Waals surface area contributed by atoms with Crippen molar-refractivity contribution in [3.8, 4) is 5.75 Å². The maximum absolute atomic E-state index is 5.19. The summed E-state index contributed by atoms with van der Waals surface area (Å²) in [7, 11) is 1.67. The van der Waals surface area contributed by atoms with E-state index in [9.17, 15) is 0 Å². The summed E-state index contributed by atoms with van der Waals surface area (Å²) in [5, 5.41) is 1.06. The first kappa shape index (κ1) is 9.81. The van der Waals surface area contributed by atoms with Crippen LogP contribution in [0.2, 0.25) is 0 Å². The van der Waals surface area contributed by atoms with Gasteiger partial charge in [0.25, 0.3) is 0 Å². The van der Waals surface area contributed by atoms with Gasteiger partial charge in [-0.3, -0.25) is 4.98 Å². The summed E-state index contributed by atoms with van der Waals surface area (Å²) in [5.74, 6) is 0.876. The van der Waals surface area contributed by atoms with Crippen LogP contribution < -0.4 is 4.74 Å². The van der Waals surface area contributed by atoms with Gasteiger partial charge in [0.05, 0.1) is 12.6 Å². The van der Waals surface area contributed by atoms with Crippen molar-refractivity contribution < 1.29 is 4.74 Å². The molecule has 0 amide bonds. The average molecular weight is 196 g/mol. The van der Waals surface area contributed by atoms with Gasteiger partial charge in [-0.1, -0.05) is 12.1 Å². The number of pyridine rings is 1. The number of aromatic nitrogens is 1. The second-order valence-electron chi connectivity index (χ2n) is 2.53. The fourth-order valence-corrected chi connectivity index (χ4v) is 1.25. The molecule has 0 spiro atoms. The van der Waals surface area contributed by atoms with E-state index in [1.165, 1.54) is 0 Å². The van der Waals surface area contributed by atoms with Crippen LogP contribution in [-0.2, 0) is 0 Å². The van der Waals surface area contributed by atoms with Crippen LogP contribution in [0.4, 0.5) is 0 Å². The highest BCUT2D eigenvalue weighted by molar-refractivity contribution is 5.85. The van der Waals surface area contributed by atoms with Gasteiger partial charge >= 0.3 is 0 Å². The molecule has 1 aromatic heterocycles. The van der Waals surface area contributed by atoms with E-state index in [-0.39, 0.29) is 12.4 Å². The maximum Gasteiger partial charge on any atom is 0.129 e. The lowest BCUT2D eigenvalue weighted by Crippen LogP contribution is -1.85. The largest absolute Gasteiger partial charge is 0.496 e. The van der Waals surface area contributed by atoms with E-state index in [1.807, 2.05) is 30.3 Å². The van der Waals surface area contributed by atoms with Crippen molar-refractivity contribution in [2.45, 2.75) is 0 Å². The van der Waals surface area contributed by atoms with Gasteiger partial charge in [-0.2, -0.15) is 0 Å². The van der Waals surface area contributed by atoms with Gasteiger partial charge < -0.3 is 4.74 Å². The van der Waals surface area contributed by atoms with E-state index in [0.717, 1.165) is 16.7 Å². The summed E-state index contributed by atoms with van der Waals surface area (Å²) in [5.41, 5.74) is 0.969. The molecule has 68 valence electrons. The smallest absolute Gasteiger partial charge is 0.129 e. The molecule has 0 saturated heterocycles. The van der Waals surface area contributed by atoms with Crippen LogP contribution in [0.25, 0.3) is 10.9 Å². The standard InChI is InChI=1S/C10H9NO.ClH/c1-12-10-6-7-11-9-5-3-2-4-8(9)10;/h2-7H,1H3;1H. The van der Waals surface area contributed by atoms with Crippen molar-refractivity contribution in [1.82, 2.24) is 4.98 Å². The predicted octanol–water partition coefficient (Wildman–Crippen LogP) is 2.67. The Morgan fingerprint density at radius 2 is 1.92 bits per heavy atom. The molecule has 0 radical (unpaired) electrons. The Morgan fingerprint density at radius 3 is 2.69 bits per heavy atom. The molecule has 0 atom stereocenters. The normalized spacial score (nSPS) is 9.31. The summed E-state index contributed by atoms with van der Waals surface area (Å²) < 4.78 is 5.19. The number of para-hydroxylation sites is 1. The number of benzene rings is 1. The maximum atomic E-state index is 5.19. The Bertz CT molecular complexity index is 398. The molecule has 2 rings (SSSR count). The third kappa shape index (κ3) is 1.73. The molecule has 0 N–H and O–H groups in total.